The number of pyridine rings is 1. The topological polar surface area (TPSA) is 99.5 Å². The Kier molecular flexibility index (Phi) is 6.06. The zero-order valence-electron chi connectivity index (χ0n) is 21.7. The monoisotopic (exact) mass is 502 g/mol. The van der Waals surface area contributed by atoms with Crippen LogP contribution in [0.2, 0.25) is 0 Å². The van der Waals surface area contributed by atoms with Crippen molar-refractivity contribution < 1.29 is 9.59 Å². The van der Waals surface area contributed by atoms with Crippen LogP contribution >= 0.6 is 0 Å². The maximum Gasteiger partial charge on any atom is 0.270 e. The highest BCUT2D eigenvalue weighted by Gasteiger charge is 2.38. The highest BCUT2D eigenvalue weighted by Crippen LogP contribution is 2.35. The van der Waals surface area contributed by atoms with Crippen molar-refractivity contribution in [2.75, 3.05) is 37.9 Å². The highest BCUT2D eigenvalue weighted by atomic mass is 16.2. The lowest BCUT2D eigenvalue weighted by Gasteiger charge is -2.25. The van der Waals surface area contributed by atoms with Crippen LogP contribution in [0.4, 0.5) is 17.5 Å². The van der Waals surface area contributed by atoms with E-state index in [1.54, 1.807) is 31.4 Å². The van der Waals surface area contributed by atoms with Crippen LogP contribution in [-0.4, -0.2) is 80.9 Å². The van der Waals surface area contributed by atoms with Crippen molar-refractivity contribution in [1.82, 2.24) is 29.3 Å². The molecular weight excluding hydrogens is 468 g/mol. The van der Waals surface area contributed by atoms with Crippen molar-refractivity contribution in [3.8, 4) is 0 Å². The van der Waals surface area contributed by atoms with Crippen LogP contribution < -0.4 is 10.2 Å². The number of rotatable bonds is 5. The zero-order chi connectivity index (χ0) is 25.7. The molecule has 2 amide bonds. The third-order valence-corrected chi connectivity index (χ3v) is 8.28. The molecule has 37 heavy (non-hydrogen) atoms. The Morgan fingerprint density at radius 3 is 2.54 bits per heavy atom. The van der Waals surface area contributed by atoms with E-state index >= 15 is 0 Å². The largest absolute Gasteiger partial charge is 0.343 e. The van der Waals surface area contributed by atoms with Gasteiger partial charge in [0.25, 0.3) is 5.91 Å². The number of anilines is 3. The molecule has 6 rings (SSSR count). The van der Waals surface area contributed by atoms with Gasteiger partial charge in [-0.05, 0) is 50.9 Å². The maximum atomic E-state index is 12.9. The van der Waals surface area contributed by atoms with Crippen LogP contribution in [-0.2, 0) is 4.79 Å². The lowest BCUT2D eigenvalue weighted by Crippen LogP contribution is -2.38. The number of nitrogens with zero attached hydrogens (tertiary/aromatic N) is 7. The summed E-state index contributed by atoms with van der Waals surface area (Å²) in [5.74, 6) is 1.16. The molecular formula is C27H34N8O2. The number of carbonyl (C=O) groups excluding carboxylic acids is 2. The Labute approximate surface area is 216 Å². The minimum Gasteiger partial charge on any atom is -0.343 e. The third-order valence-electron chi connectivity index (χ3n) is 8.28. The molecule has 0 unspecified atom stereocenters. The smallest absolute Gasteiger partial charge is 0.270 e. The second kappa shape index (κ2) is 9.41. The first kappa shape index (κ1) is 23.8. The molecule has 2 saturated heterocycles. The fourth-order valence-corrected chi connectivity index (χ4v) is 6.16. The van der Waals surface area contributed by atoms with Gasteiger partial charge in [-0.3, -0.25) is 14.5 Å². The van der Waals surface area contributed by atoms with Gasteiger partial charge in [-0.1, -0.05) is 12.8 Å². The van der Waals surface area contributed by atoms with E-state index in [1.165, 1.54) is 0 Å². The van der Waals surface area contributed by atoms with Crippen molar-refractivity contribution >= 4 is 40.3 Å². The summed E-state index contributed by atoms with van der Waals surface area (Å²) in [6, 6.07) is 6.70. The van der Waals surface area contributed by atoms with Gasteiger partial charge in [0.2, 0.25) is 11.9 Å². The Bertz CT molecular complexity index is 1330. The van der Waals surface area contributed by atoms with Crippen molar-refractivity contribution in [3.63, 3.8) is 0 Å². The molecule has 1 N–H and O–H groups in total. The summed E-state index contributed by atoms with van der Waals surface area (Å²) >= 11 is 0. The van der Waals surface area contributed by atoms with Crippen LogP contribution in [0.3, 0.4) is 0 Å². The van der Waals surface area contributed by atoms with Crippen molar-refractivity contribution in [1.29, 1.82) is 0 Å². The van der Waals surface area contributed by atoms with Gasteiger partial charge in [-0.2, -0.15) is 4.98 Å². The van der Waals surface area contributed by atoms with Gasteiger partial charge in [0, 0.05) is 56.8 Å². The third kappa shape index (κ3) is 4.33. The van der Waals surface area contributed by atoms with Crippen LogP contribution in [0.1, 0.15) is 61.5 Å². The summed E-state index contributed by atoms with van der Waals surface area (Å²) in [7, 11) is 5.67. The van der Waals surface area contributed by atoms with Crippen molar-refractivity contribution in [3.05, 3.63) is 36.3 Å². The highest BCUT2D eigenvalue weighted by molar-refractivity contribution is 5.98. The maximum absolute atomic E-state index is 12.9. The van der Waals surface area contributed by atoms with E-state index in [-0.39, 0.29) is 17.9 Å². The summed E-state index contributed by atoms with van der Waals surface area (Å²) in [4.78, 5) is 45.5. The summed E-state index contributed by atoms with van der Waals surface area (Å²) in [5, 5.41) is 4.06. The number of hydrogen-bond donors (Lipinski definition) is 1. The number of fused-ring (bicyclic) bond motifs is 3. The minimum atomic E-state index is -0.0286. The summed E-state index contributed by atoms with van der Waals surface area (Å²) in [5.41, 5.74) is 2.23. The molecule has 194 valence electrons. The lowest BCUT2D eigenvalue weighted by molar-refractivity contribution is -0.119. The Balaban J connectivity index is 1.25. The van der Waals surface area contributed by atoms with Gasteiger partial charge in [-0.15, -0.1) is 0 Å². The fraction of sp³-hybridized carbons (Fsp3) is 0.519. The first-order valence-electron chi connectivity index (χ1n) is 13.2. The summed E-state index contributed by atoms with van der Waals surface area (Å²) in [6.07, 6.45) is 10.7. The van der Waals surface area contributed by atoms with Gasteiger partial charge >= 0.3 is 0 Å². The quantitative estimate of drug-likeness (QED) is 0.569. The van der Waals surface area contributed by atoms with Crippen LogP contribution in [0.5, 0.6) is 0 Å². The molecule has 0 radical (unpaired) electrons. The molecule has 3 aromatic heterocycles. The molecule has 0 aromatic carbocycles. The Hall–Kier alpha value is -3.53. The normalized spacial score (nSPS) is 22.6. The van der Waals surface area contributed by atoms with Crippen LogP contribution in [0, 0.1) is 0 Å². The number of likely N-dealkylation sites (N-methyl/N-ethyl adjacent to an activating group) is 1. The van der Waals surface area contributed by atoms with Gasteiger partial charge in [0.15, 0.2) is 0 Å². The summed E-state index contributed by atoms with van der Waals surface area (Å²) < 4.78 is 2.10. The molecule has 3 aromatic rings. The predicted octanol–water partition coefficient (Wildman–Crippen LogP) is 3.59. The van der Waals surface area contributed by atoms with E-state index in [9.17, 15) is 9.59 Å². The van der Waals surface area contributed by atoms with E-state index in [0.29, 0.717) is 42.5 Å². The average Bonchev–Trinajstić information content (AvgIpc) is 3.60. The van der Waals surface area contributed by atoms with Crippen molar-refractivity contribution in [2.45, 2.75) is 63.1 Å². The average molecular weight is 503 g/mol. The molecule has 1 aliphatic carbocycles. The second-order valence-corrected chi connectivity index (χ2v) is 10.8. The molecule has 10 heteroatoms. The van der Waals surface area contributed by atoms with E-state index in [2.05, 4.69) is 31.8 Å². The van der Waals surface area contributed by atoms with Gasteiger partial charge < -0.3 is 19.7 Å². The van der Waals surface area contributed by atoms with Crippen molar-refractivity contribution in [2.24, 2.45) is 0 Å². The Morgan fingerprint density at radius 1 is 1.03 bits per heavy atom. The first-order valence-corrected chi connectivity index (χ1v) is 13.2. The minimum absolute atomic E-state index is 0.0286. The van der Waals surface area contributed by atoms with E-state index in [0.717, 1.165) is 55.2 Å². The predicted molar refractivity (Wildman–Crippen MR) is 142 cm³/mol. The molecule has 3 fully saturated rings. The molecule has 3 aliphatic rings. The van der Waals surface area contributed by atoms with Crippen LogP contribution in [0.25, 0.3) is 11.0 Å². The molecule has 10 nitrogen and oxygen atoms in total. The number of nitrogens with one attached hydrogen (secondary N) is 1. The van der Waals surface area contributed by atoms with Gasteiger partial charge in [0.1, 0.15) is 17.2 Å². The number of carbonyl (C=O) groups is 2. The van der Waals surface area contributed by atoms with E-state index in [4.69, 9.17) is 4.98 Å². The van der Waals surface area contributed by atoms with E-state index < -0.39 is 0 Å². The van der Waals surface area contributed by atoms with Crippen LogP contribution in [0.15, 0.2) is 30.6 Å². The number of amides is 2. The Morgan fingerprint density at radius 2 is 1.81 bits per heavy atom. The second-order valence-electron chi connectivity index (χ2n) is 10.8. The standard InChI is InChI=1S/C27H34N8O2/c1-32(2)26(37)22-12-17-14-29-27(31-25(17)35(22)18-6-4-5-7-18)30-23-11-10-20(15-28-23)34-16-21-9-8-19(33(21)3)13-24(34)36/h10-12,14-15,18-19,21H,4-9,13,16H2,1-3H3,(H,28,29,30,31)/t19-,21+/m1/s1. The van der Waals surface area contributed by atoms with Gasteiger partial charge in [-0.25, -0.2) is 9.97 Å². The van der Waals surface area contributed by atoms with Gasteiger partial charge in [0.05, 0.1) is 11.9 Å². The number of hydrogen-bond acceptors (Lipinski definition) is 7. The molecule has 0 spiro atoms. The molecule has 2 aliphatic heterocycles. The summed E-state index contributed by atoms with van der Waals surface area (Å²) in [6.45, 7) is 0.701. The molecule has 5 heterocycles. The van der Waals surface area contributed by atoms with E-state index in [1.807, 2.05) is 23.1 Å². The molecule has 1 saturated carbocycles. The fourth-order valence-electron chi connectivity index (χ4n) is 6.16. The first-order chi connectivity index (χ1) is 17.9. The molecule has 2 bridgehead atoms. The molecule has 2 atom stereocenters. The SMILES string of the molecule is CN(C)C(=O)c1cc2cnc(Nc3ccc(N4C[C@@H]5CC[C@H](CC4=O)N5C)cn3)nc2n1C1CCCC1. The zero-order valence-corrected chi connectivity index (χ0v) is 21.7. The number of aromatic nitrogens is 4. The lowest BCUT2D eigenvalue weighted by atomic mass is 10.1.